The van der Waals surface area contributed by atoms with Crippen molar-refractivity contribution >= 4 is 29.2 Å². The molecule has 3 rings (SSSR count). The Balaban J connectivity index is 1.61. The van der Waals surface area contributed by atoms with E-state index in [9.17, 15) is 9.59 Å². The molecule has 0 spiro atoms. The van der Waals surface area contributed by atoms with Gasteiger partial charge in [0.25, 0.3) is 5.91 Å². The van der Waals surface area contributed by atoms with Gasteiger partial charge in [-0.1, -0.05) is 22.8 Å². The minimum atomic E-state index is -0.674. The monoisotopic (exact) mass is 472 g/mol. The lowest BCUT2D eigenvalue weighted by Crippen LogP contribution is -2.21. The summed E-state index contributed by atoms with van der Waals surface area (Å²) in [5.74, 6) is 0.294. The van der Waals surface area contributed by atoms with Gasteiger partial charge >= 0.3 is 5.97 Å². The summed E-state index contributed by atoms with van der Waals surface area (Å²) in [5, 5.41) is 6.99. The summed E-state index contributed by atoms with van der Waals surface area (Å²) in [6, 6.07) is 8.27. The van der Waals surface area contributed by atoms with Gasteiger partial charge in [0.2, 0.25) is 0 Å². The Morgan fingerprint density at radius 3 is 2.48 bits per heavy atom. The third-order valence-corrected chi connectivity index (χ3v) is 5.28. The van der Waals surface area contributed by atoms with Crippen molar-refractivity contribution in [1.29, 1.82) is 0 Å². The van der Waals surface area contributed by atoms with E-state index in [-0.39, 0.29) is 12.2 Å². The molecule has 1 amide bonds. The van der Waals surface area contributed by atoms with Crippen LogP contribution in [0.25, 0.3) is 0 Å². The van der Waals surface area contributed by atoms with E-state index in [4.69, 9.17) is 30.3 Å². The number of aromatic nitrogens is 1. The highest BCUT2D eigenvalue weighted by molar-refractivity contribution is 6.34. The summed E-state index contributed by atoms with van der Waals surface area (Å²) in [6.45, 7) is 7.16. The van der Waals surface area contributed by atoms with Crippen molar-refractivity contribution in [3.63, 3.8) is 0 Å². The van der Waals surface area contributed by atoms with Crippen molar-refractivity contribution in [2.45, 2.75) is 34.3 Å². The molecule has 3 aromatic rings. The van der Waals surface area contributed by atoms with Crippen molar-refractivity contribution in [2.75, 3.05) is 19.0 Å². The van der Waals surface area contributed by atoms with Gasteiger partial charge in [-0.05, 0) is 63.1 Å². The maximum absolute atomic E-state index is 12.4. The van der Waals surface area contributed by atoms with Gasteiger partial charge < -0.3 is 24.1 Å². The Labute approximate surface area is 196 Å². The second-order valence-electron chi connectivity index (χ2n) is 7.52. The maximum Gasteiger partial charge on any atom is 0.338 e. The minimum absolute atomic E-state index is 0.217. The molecule has 1 heterocycles. The SMILES string of the molecule is COc1cc(C(=O)OCC(=O)Nc2c(C)cc(C)cc2Cl)ccc1OCc1c(C)noc1C. The van der Waals surface area contributed by atoms with E-state index < -0.39 is 18.5 Å². The topological polar surface area (TPSA) is 99.9 Å². The van der Waals surface area contributed by atoms with Crippen LogP contribution in [0.1, 0.15) is 38.5 Å². The number of hydrogen-bond donors (Lipinski definition) is 1. The molecule has 0 aliphatic rings. The molecule has 0 unspecified atom stereocenters. The van der Waals surface area contributed by atoms with Crippen molar-refractivity contribution < 1.29 is 28.3 Å². The van der Waals surface area contributed by atoms with Gasteiger partial charge in [-0.15, -0.1) is 0 Å². The van der Waals surface area contributed by atoms with Crippen molar-refractivity contribution in [2.24, 2.45) is 0 Å². The van der Waals surface area contributed by atoms with Crippen LogP contribution in [0.15, 0.2) is 34.9 Å². The van der Waals surface area contributed by atoms with Gasteiger partial charge in [0.1, 0.15) is 12.4 Å². The first-order valence-electron chi connectivity index (χ1n) is 10.2. The van der Waals surface area contributed by atoms with Crippen LogP contribution < -0.4 is 14.8 Å². The number of nitrogens with zero attached hydrogens (tertiary/aromatic N) is 1. The molecule has 0 bridgehead atoms. The standard InChI is InChI=1S/C24H25ClN2O6/c1-13-8-14(2)23(19(25)9-13)26-22(28)12-32-24(29)17-6-7-20(21(10-17)30-5)31-11-18-15(3)27-33-16(18)4/h6-10H,11-12H2,1-5H3,(H,26,28). The first-order chi connectivity index (χ1) is 15.7. The summed E-state index contributed by atoms with van der Waals surface area (Å²) in [4.78, 5) is 24.7. The molecule has 0 aliphatic carbocycles. The van der Waals surface area contributed by atoms with E-state index >= 15 is 0 Å². The van der Waals surface area contributed by atoms with E-state index in [1.165, 1.54) is 19.2 Å². The molecule has 1 N–H and O–H groups in total. The van der Waals surface area contributed by atoms with Crippen molar-refractivity contribution in [3.05, 3.63) is 69.1 Å². The number of carbonyl (C=O) groups is 2. The molecule has 174 valence electrons. The average molecular weight is 473 g/mol. The highest BCUT2D eigenvalue weighted by Crippen LogP contribution is 2.30. The fraction of sp³-hybridized carbons (Fsp3) is 0.292. The number of halogens is 1. The molecule has 0 atom stereocenters. The number of nitrogens with one attached hydrogen (secondary N) is 1. The number of benzene rings is 2. The van der Waals surface area contributed by atoms with E-state index in [0.29, 0.717) is 28.0 Å². The van der Waals surface area contributed by atoms with Crippen LogP contribution in [0.4, 0.5) is 5.69 Å². The van der Waals surface area contributed by atoms with E-state index in [0.717, 1.165) is 22.4 Å². The number of hydrogen-bond acceptors (Lipinski definition) is 7. The summed E-state index contributed by atoms with van der Waals surface area (Å²) >= 11 is 6.20. The molecule has 2 aromatic carbocycles. The Morgan fingerprint density at radius 2 is 1.85 bits per heavy atom. The number of anilines is 1. The zero-order valence-electron chi connectivity index (χ0n) is 19.1. The summed E-state index contributed by atoms with van der Waals surface area (Å²) in [5.41, 5.74) is 4.09. The van der Waals surface area contributed by atoms with Crippen LogP contribution in [-0.4, -0.2) is 30.7 Å². The smallest absolute Gasteiger partial charge is 0.338 e. The third-order valence-electron chi connectivity index (χ3n) is 4.98. The second-order valence-corrected chi connectivity index (χ2v) is 7.93. The van der Waals surface area contributed by atoms with Gasteiger partial charge in [-0.2, -0.15) is 0 Å². The molecule has 1 aromatic heterocycles. The summed E-state index contributed by atoms with van der Waals surface area (Å²) in [7, 11) is 1.47. The first-order valence-corrected chi connectivity index (χ1v) is 10.5. The zero-order valence-corrected chi connectivity index (χ0v) is 19.8. The van der Waals surface area contributed by atoms with Gasteiger partial charge in [0, 0.05) is 0 Å². The number of rotatable bonds is 8. The van der Waals surface area contributed by atoms with E-state index in [1.54, 1.807) is 19.1 Å². The second kappa shape index (κ2) is 10.4. The van der Waals surface area contributed by atoms with E-state index in [2.05, 4.69) is 10.5 Å². The summed E-state index contributed by atoms with van der Waals surface area (Å²) in [6.07, 6.45) is 0. The third kappa shape index (κ3) is 5.84. The van der Waals surface area contributed by atoms with Gasteiger partial charge in [0.15, 0.2) is 18.1 Å². The zero-order chi connectivity index (χ0) is 24.1. The molecule has 0 saturated heterocycles. The van der Waals surface area contributed by atoms with Crippen molar-refractivity contribution in [3.8, 4) is 11.5 Å². The fourth-order valence-electron chi connectivity index (χ4n) is 3.24. The first kappa shape index (κ1) is 24.1. The molecular formula is C24H25ClN2O6. The van der Waals surface area contributed by atoms with E-state index in [1.807, 2.05) is 26.8 Å². The number of esters is 1. The van der Waals surface area contributed by atoms with Crippen LogP contribution in [0.3, 0.4) is 0 Å². The highest BCUT2D eigenvalue weighted by Gasteiger charge is 2.17. The predicted molar refractivity (Wildman–Crippen MR) is 123 cm³/mol. The Morgan fingerprint density at radius 1 is 1.09 bits per heavy atom. The Hall–Kier alpha value is -3.52. The van der Waals surface area contributed by atoms with Gasteiger partial charge in [-0.3, -0.25) is 4.79 Å². The maximum atomic E-state index is 12.4. The number of aryl methyl sites for hydroxylation is 4. The predicted octanol–water partition coefficient (Wildman–Crippen LogP) is 4.94. The molecule has 0 radical (unpaired) electrons. The van der Waals surface area contributed by atoms with Crippen LogP contribution >= 0.6 is 11.6 Å². The molecule has 0 fully saturated rings. The normalized spacial score (nSPS) is 10.6. The lowest BCUT2D eigenvalue weighted by molar-refractivity contribution is -0.119. The Bertz CT molecular complexity index is 1150. The molecule has 9 heteroatoms. The van der Waals surface area contributed by atoms with Crippen LogP contribution in [0.5, 0.6) is 11.5 Å². The molecule has 33 heavy (non-hydrogen) atoms. The molecule has 0 saturated carbocycles. The summed E-state index contributed by atoms with van der Waals surface area (Å²) < 4.78 is 21.4. The minimum Gasteiger partial charge on any atom is -0.493 e. The quantitative estimate of drug-likeness (QED) is 0.463. The van der Waals surface area contributed by atoms with Crippen LogP contribution in [-0.2, 0) is 16.1 Å². The lowest BCUT2D eigenvalue weighted by atomic mass is 10.1. The fourth-order valence-corrected chi connectivity index (χ4v) is 3.60. The molecular weight excluding hydrogens is 448 g/mol. The highest BCUT2D eigenvalue weighted by atomic mass is 35.5. The number of methoxy groups -OCH3 is 1. The number of carbonyl (C=O) groups excluding carboxylic acids is 2. The number of amides is 1. The van der Waals surface area contributed by atoms with Gasteiger partial charge in [-0.25, -0.2) is 4.79 Å². The molecule has 8 nitrogen and oxygen atoms in total. The van der Waals surface area contributed by atoms with Crippen LogP contribution in [0.2, 0.25) is 5.02 Å². The average Bonchev–Trinajstić information content (AvgIpc) is 3.10. The van der Waals surface area contributed by atoms with Crippen LogP contribution in [0, 0.1) is 27.7 Å². The largest absolute Gasteiger partial charge is 0.493 e. The van der Waals surface area contributed by atoms with Crippen molar-refractivity contribution in [1.82, 2.24) is 5.16 Å². The lowest BCUT2D eigenvalue weighted by Gasteiger charge is -2.13. The molecule has 0 aliphatic heterocycles. The number of ether oxygens (including phenoxy) is 3. The van der Waals surface area contributed by atoms with Gasteiger partial charge in [0.05, 0.1) is 34.6 Å². The Kier molecular flexibility index (Phi) is 7.60.